The number of Topliss-reactive ketones (excluding diaryl/α,β-unsaturated/α-hetero) is 1. The van der Waals surface area contributed by atoms with Crippen molar-refractivity contribution in [2.24, 2.45) is 0 Å². The first-order chi connectivity index (χ1) is 13.1. The monoisotopic (exact) mass is 367 g/mol. The largest absolute Gasteiger partial charge is 0.419 e. The second-order valence-corrected chi connectivity index (χ2v) is 5.93. The van der Waals surface area contributed by atoms with Crippen LogP contribution in [-0.4, -0.2) is 21.9 Å². The zero-order chi connectivity index (χ0) is 19.1. The van der Waals surface area contributed by atoms with Gasteiger partial charge >= 0.3 is 0 Å². The molecule has 0 radical (unpaired) electrons. The fraction of sp³-hybridized carbons (Fsp3) is 0.200. The van der Waals surface area contributed by atoms with Gasteiger partial charge in [-0.25, -0.2) is 4.39 Å². The molecule has 3 rings (SSSR count). The molecule has 2 aromatic carbocycles. The molecule has 0 saturated carbocycles. The summed E-state index contributed by atoms with van der Waals surface area (Å²) in [7, 11) is 0. The van der Waals surface area contributed by atoms with E-state index in [-0.39, 0.29) is 36.9 Å². The molecule has 1 amide bonds. The van der Waals surface area contributed by atoms with Crippen molar-refractivity contribution in [2.45, 2.75) is 25.8 Å². The molecule has 0 aliphatic heterocycles. The van der Waals surface area contributed by atoms with Crippen LogP contribution < -0.4 is 5.32 Å². The predicted octanol–water partition coefficient (Wildman–Crippen LogP) is 3.55. The second-order valence-electron chi connectivity index (χ2n) is 5.93. The van der Waals surface area contributed by atoms with E-state index in [1.165, 1.54) is 24.3 Å². The summed E-state index contributed by atoms with van der Waals surface area (Å²) in [6, 6.07) is 14.7. The molecule has 6 nitrogen and oxygen atoms in total. The summed E-state index contributed by atoms with van der Waals surface area (Å²) in [5.41, 5.74) is 1.25. The first-order valence-electron chi connectivity index (χ1n) is 8.55. The van der Waals surface area contributed by atoms with Gasteiger partial charge in [-0.2, -0.15) is 0 Å². The third kappa shape index (κ3) is 5.31. The maximum Gasteiger partial charge on any atom is 0.247 e. The van der Waals surface area contributed by atoms with Crippen LogP contribution in [0.3, 0.4) is 0 Å². The molecular formula is C20H18FN3O3. The van der Waals surface area contributed by atoms with Gasteiger partial charge < -0.3 is 9.73 Å². The number of carbonyl (C=O) groups excluding carboxylic acids is 2. The molecule has 1 heterocycles. The van der Waals surface area contributed by atoms with Crippen LogP contribution in [0.5, 0.6) is 0 Å². The number of hydrogen-bond donors (Lipinski definition) is 1. The van der Waals surface area contributed by atoms with Crippen LogP contribution in [0.2, 0.25) is 0 Å². The summed E-state index contributed by atoms with van der Waals surface area (Å²) in [6.45, 7) is 0.130. The summed E-state index contributed by atoms with van der Waals surface area (Å²) in [4.78, 5) is 23.9. The Morgan fingerprint density at radius 3 is 2.44 bits per heavy atom. The number of rotatable bonds is 8. The highest BCUT2D eigenvalue weighted by Crippen LogP contribution is 2.16. The highest BCUT2D eigenvalue weighted by Gasteiger charge is 2.11. The molecule has 138 valence electrons. The van der Waals surface area contributed by atoms with Crippen molar-refractivity contribution in [3.63, 3.8) is 0 Å². The molecule has 0 unspecified atom stereocenters. The van der Waals surface area contributed by atoms with Crippen LogP contribution in [0.15, 0.2) is 59.0 Å². The quantitative estimate of drug-likeness (QED) is 0.616. The van der Waals surface area contributed by atoms with Crippen LogP contribution in [0.4, 0.5) is 4.39 Å². The Hall–Kier alpha value is -3.35. The maximum atomic E-state index is 12.8. The number of amides is 1. The smallest absolute Gasteiger partial charge is 0.247 e. The van der Waals surface area contributed by atoms with Gasteiger partial charge in [-0.05, 0) is 42.8 Å². The standard InChI is InChI=1S/C20H18FN3O3/c21-16-11-9-14(10-12-16)17(25)7-4-8-18(26)22-13-19-23-24-20(27-19)15-5-2-1-3-6-15/h1-3,5-6,9-12H,4,7-8,13H2,(H,22,26). The van der Waals surface area contributed by atoms with Gasteiger partial charge in [0.25, 0.3) is 0 Å². The van der Waals surface area contributed by atoms with Crippen LogP contribution in [0.25, 0.3) is 11.5 Å². The Balaban J connectivity index is 1.40. The van der Waals surface area contributed by atoms with E-state index in [2.05, 4.69) is 15.5 Å². The summed E-state index contributed by atoms with van der Waals surface area (Å²) >= 11 is 0. The fourth-order valence-electron chi connectivity index (χ4n) is 2.47. The van der Waals surface area contributed by atoms with Gasteiger partial charge in [-0.1, -0.05) is 18.2 Å². The Morgan fingerprint density at radius 2 is 1.70 bits per heavy atom. The van der Waals surface area contributed by atoms with Crippen molar-refractivity contribution in [3.8, 4) is 11.5 Å². The van der Waals surface area contributed by atoms with Gasteiger partial charge in [0.1, 0.15) is 5.82 Å². The summed E-state index contributed by atoms with van der Waals surface area (Å²) in [5, 5.41) is 10.5. The number of ketones is 1. The average Bonchev–Trinajstić information content (AvgIpc) is 3.16. The number of halogens is 1. The average molecular weight is 367 g/mol. The van der Waals surface area contributed by atoms with E-state index in [4.69, 9.17) is 4.42 Å². The molecule has 0 aliphatic rings. The first-order valence-corrected chi connectivity index (χ1v) is 8.55. The van der Waals surface area contributed by atoms with Crippen molar-refractivity contribution in [2.75, 3.05) is 0 Å². The van der Waals surface area contributed by atoms with E-state index in [0.29, 0.717) is 23.8 Å². The molecule has 3 aromatic rings. The molecule has 0 spiro atoms. The Labute approximate surface area is 155 Å². The Kier molecular flexibility index (Phi) is 6.04. The van der Waals surface area contributed by atoms with Gasteiger partial charge in [0, 0.05) is 24.0 Å². The molecule has 0 bridgehead atoms. The van der Waals surface area contributed by atoms with Gasteiger partial charge in [-0.3, -0.25) is 9.59 Å². The van der Waals surface area contributed by atoms with Crippen molar-refractivity contribution < 1.29 is 18.4 Å². The zero-order valence-electron chi connectivity index (χ0n) is 14.5. The van der Waals surface area contributed by atoms with Crippen molar-refractivity contribution in [1.82, 2.24) is 15.5 Å². The number of aromatic nitrogens is 2. The van der Waals surface area contributed by atoms with Gasteiger partial charge in [0.05, 0.1) is 6.54 Å². The predicted molar refractivity (Wildman–Crippen MR) is 96.2 cm³/mol. The number of carbonyl (C=O) groups is 2. The van der Waals surface area contributed by atoms with E-state index in [1.807, 2.05) is 30.3 Å². The minimum atomic E-state index is -0.387. The highest BCUT2D eigenvalue weighted by atomic mass is 19.1. The van der Waals surface area contributed by atoms with Gasteiger partial charge in [0.2, 0.25) is 17.7 Å². The van der Waals surface area contributed by atoms with Crippen LogP contribution in [0, 0.1) is 5.82 Å². The highest BCUT2D eigenvalue weighted by molar-refractivity contribution is 5.96. The maximum absolute atomic E-state index is 12.8. The number of nitrogens with one attached hydrogen (secondary N) is 1. The van der Waals surface area contributed by atoms with E-state index in [0.717, 1.165) is 5.56 Å². The first kappa shape index (κ1) is 18.4. The zero-order valence-corrected chi connectivity index (χ0v) is 14.5. The van der Waals surface area contributed by atoms with Crippen LogP contribution >= 0.6 is 0 Å². The van der Waals surface area contributed by atoms with Gasteiger partial charge in [0.15, 0.2) is 5.78 Å². The van der Waals surface area contributed by atoms with Crippen molar-refractivity contribution >= 4 is 11.7 Å². The molecule has 1 N–H and O–H groups in total. The van der Waals surface area contributed by atoms with E-state index in [9.17, 15) is 14.0 Å². The minimum absolute atomic E-state index is 0.118. The van der Waals surface area contributed by atoms with Crippen molar-refractivity contribution in [3.05, 3.63) is 71.9 Å². The third-order valence-corrected chi connectivity index (χ3v) is 3.90. The number of hydrogen-bond acceptors (Lipinski definition) is 5. The van der Waals surface area contributed by atoms with Crippen LogP contribution in [-0.2, 0) is 11.3 Å². The van der Waals surface area contributed by atoms with E-state index in [1.54, 1.807) is 0 Å². The van der Waals surface area contributed by atoms with Crippen LogP contribution in [0.1, 0.15) is 35.5 Å². The normalized spacial score (nSPS) is 10.6. The Morgan fingerprint density at radius 1 is 0.963 bits per heavy atom. The second kappa shape index (κ2) is 8.84. The molecule has 7 heteroatoms. The third-order valence-electron chi connectivity index (χ3n) is 3.90. The minimum Gasteiger partial charge on any atom is -0.419 e. The lowest BCUT2D eigenvalue weighted by Crippen LogP contribution is -2.22. The Bertz CT molecular complexity index is 908. The van der Waals surface area contributed by atoms with Gasteiger partial charge in [-0.15, -0.1) is 10.2 Å². The molecule has 1 aromatic heterocycles. The fourth-order valence-corrected chi connectivity index (χ4v) is 2.47. The lowest BCUT2D eigenvalue weighted by atomic mass is 10.1. The van der Waals surface area contributed by atoms with Crippen molar-refractivity contribution in [1.29, 1.82) is 0 Å². The van der Waals surface area contributed by atoms with E-state index >= 15 is 0 Å². The molecule has 0 fully saturated rings. The molecule has 0 atom stereocenters. The molecule has 0 saturated heterocycles. The summed E-state index contributed by atoms with van der Waals surface area (Å²) < 4.78 is 18.4. The lowest BCUT2D eigenvalue weighted by Gasteiger charge is -2.03. The SMILES string of the molecule is O=C(CCCC(=O)c1ccc(F)cc1)NCc1nnc(-c2ccccc2)o1. The molecule has 27 heavy (non-hydrogen) atoms. The summed E-state index contributed by atoms with van der Waals surface area (Å²) in [5.74, 6) is -0.00900. The lowest BCUT2D eigenvalue weighted by molar-refractivity contribution is -0.121. The number of nitrogens with zero attached hydrogens (tertiary/aromatic N) is 2. The molecular weight excluding hydrogens is 349 g/mol. The number of benzene rings is 2. The van der Waals surface area contributed by atoms with E-state index < -0.39 is 0 Å². The summed E-state index contributed by atoms with van der Waals surface area (Å²) in [6.07, 6.45) is 0.825. The molecule has 0 aliphatic carbocycles. The topological polar surface area (TPSA) is 85.1 Å².